The molecule has 8 heteroatoms. The Hall–Kier alpha value is -1.97. The number of hydrogen-bond donors (Lipinski definition) is 2. The van der Waals surface area contributed by atoms with Gasteiger partial charge in [-0.15, -0.1) is 11.8 Å². The van der Waals surface area contributed by atoms with Crippen LogP contribution >= 0.6 is 34.9 Å². The van der Waals surface area contributed by atoms with Gasteiger partial charge in [-0.2, -0.15) is 4.57 Å². The van der Waals surface area contributed by atoms with E-state index in [1.54, 1.807) is 42.0 Å². The van der Waals surface area contributed by atoms with Gasteiger partial charge in [0.15, 0.2) is 6.54 Å². The number of methoxy groups -OCH3 is 1. The predicted octanol–water partition coefficient (Wildman–Crippen LogP) is 5.15. The summed E-state index contributed by atoms with van der Waals surface area (Å²) < 4.78 is 8.70. The summed E-state index contributed by atoms with van der Waals surface area (Å²) in [4.78, 5) is 4.64. The summed E-state index contributed by atoms with van der Waals surface area (Å²) in [5.74, 6) is 0.831. The summed E-state index contributed by atoms with van der Waals surface area (Å²) in [7, 11) is 1.68. The lowest BCUT2D eigenvalue weighted by Gasteiger charge is -2.20. The number of aliphatic hydroxyl groups excluding tert-OH is 2. The van der Waals surface area contributed by atoms with Crippen molar-refractivity contribution in [3.8, 4) is 5.75 Å². The molecule has 2 heterocycles. The molecule has 1 aliphatic heterocycles. The summed E-state index contributed by atoms with van der Waals surface area (Å²) in [6.45, 7) is 3.44. The molecule has 3 aromatic rings. The maximum Gasteiger partial charge on any atom is 0.263 e. The lowest BCUT2D eigenvalue weighted by Crippen LogP contribution is -2.36. The third-order valence-corrected chi connectivity index (χ3v) is 8.48. The zero-order valence-corrected chi connectivity index (χ0v) is 21.5. The summed E-state index contributed by atoms with van der Waals surface area (Å²) in [6, 6.07) is 12.6. The van der Waals surface area contributed by atoms with Crippen LogP contribution in [0.15, 0.2) is 62.9 Å². The number of allylic oxidation sites excluding steroid dienone is 2. The third kappa shape index (κ3) is 5.10. The average Bonchev–Trinajstić information content (AvgIpc) is 3.35. The second kappa shape index (κ2) is 11.0. The van der Waals surface area contributed by atoms with Crippen molar-refractivity contribution in [3.05, 3.63) is 58.1 Å². The number of fused-ring (bicyclic) bond motifs is 2. The van der Waals surface area contributed by atoms with Gasteiger partial charge in [0, 0.05) is 34.5 Å². The van der Waals surface area contributed by atoms with E-state index < -0.39 is 0 Å². The van der Waals surface area contributed by atoms with Crippen LogP contribution in [0.2, 0.25) is 0 Å². The molecule has 0 aliphatic carbocycles. The molecule has 0 bridgehead atoms. The largest absolute Gasteiger partial charge is 0.497 e. The molecule has 0 radical (unpaired) electrons. The van der Waals surface area contributed by atoms with Gasteiger partial charge in [-0.1, -0.05) is 30.0 Å². The Labute approximate surface area is 207 Å². The molecule has 1 aromatic heterocycles. The van der Waals surface area contributed by atoms with Crippen LogP contribution < -0.4 is 14.2 Å². The predicted molar refractivity (Wildman–Crippen MR) is 141 cm³/mol. The first kappa shape index (κ1) is 24.2. The van der Waals surface area contributed by atoms with E-state index in [-0.39, 0.29) is 13.2 Å². The van der Waals surface area contributed by atoms with Gasteiger partial charge in [0.2, 0.25) is 5.52 Å². The van der Waals surface area contributed by atoms with Crippen molar-refractivity contribution in [2.45, 2.75) is 29.7 Å². The first-order valence-corrected chi connectivity index (χ1v) is 13.7. The van der Waals surface area contributed by atoms with Crippen LogP contribution in [0, 0.1) is 0 Å². The molecule has 0 spiro atoms. The monoisotopic (exact) mass is 501 g/mol. The number of thioether (sulfide) groups is 2. The minimum Gasteiger partial charge on any atom is -0.497 e. The number of anilines is 1. The number of aliphatic hydroxyl groups is 2. The highest BCUT2D eigenvalue weighted by Gasteiger charge is 2.26. The zero-order valence-electron chi connectivity index (χ0n) is 19.1. The maximum absolute atomic E-state index is 9.71. The van der Waals surface area contributed by atoms with Crippen molar-refractivity contribution < 1.29 is 19.5 Å². The fourth-order valence-corrected chi connectivity index (χ4v) is 6.63. The number of thiazole rings is 1. The van der Waals surface area contributed by atoms with Crippen molar-refractivity contribution in [1.29, 1.82) is 0 Å². The Morgan fingerprint density at radius 1 is 1.18 bits per heavy atom. The number of aromatic nitrogens is 1. The standard InChI is InChI=1S/C25H29N2O3S3/c1-4-17(13-24-26(9-11-28)20-7-5-18(30-2)15-23(20)33-24)14-25-27(10-12-29)21-16-19(31-3)6-8-22(21)32-25/h5-8,13-16,28-29H,4,9-12H2,1-3H3/q+1. The first-order valence-electron chi connectivity index (χ1n) is 10.9. The van der Waals surface area contributed by atoms with Crippen LogP contribution in [0.4, 0.5) is 5.69 Å². The van der Waals surface area contributed by atoms with Gasteiger partial charge in [0.05, 0.1) is 24.4 Å². The second-order valence-corrected chi connectivity index (χ2v) is 10.5. The van der Waals surface area contributed by atoms with Crippen LogP contribution in [-0.4, -0.2) is 43.3 Å². The highest BCUT2D eigenvalue weighted by atomic mass is 32.2. The number of benzene rings is 2. The Morgan fingerprint density at radius 2 is 2.03 bits per heavy atom. The number of hydrogen-bond acceptors (Lipinski definition) is 7. The normalized spacial score (nSPS) is 15.0. The first-order chi connectivity index (χ1) is 16.1. The Balaban J connectivity index is 1.74. The topological polar surface area (TPSA) is 56.8 Å². The molecule has 2 aromatic carbocycles. The van der Waals surface area contributed by atoms with Crippen molar-refractivity contribution >= 4 is 56.8 Å². The van der Waals surface area contributed by atoms with Crippen LogP contribution in [0.3, 0.4) is 0 Å². The zero-order chi connectivity index (χ0) is 23.4. The quantitative estimate of drug-likeness (QED) is 0.312. The second-order valence-electron chi connectivity index (χ2n) is 7.52. The van der Waals surface area contributed by atoms with E-state index >= 15 is 0 Å². The fourth-order valence-electron chi connectivity index (χ4n) is 3.86. The van der Waals surface area contributed by atoms with Gasteiger partial charge in [-0.25, -0.2) is 0 Å². The van der Waals surface area contributed by atoms with Gasteiger partial charge in [-0.3, -0.25) is 0 Å². The Kier molecular flexibility index (Phi) is 8.03. The van der Waals surface area contributed by atoms with E-state index in [9.17, 15) is 10.2 Å². The number of β-amino-alcohol motifs (C(OH)–C–C–N with tert-alkyl or cyclic N) is 1. The maximum atomic E-state index is 9.71. The minimum atomic E-state index is 0.0825. The van der Waals surface area contributed by atoms with E-state index in [0.717, 1.165) is 38.1 Å². The van der Waals surface area contributed by atoms with Crippen molar-refractivity contribution in [2.75, 3.05) is 38.0 Å². The lowest BCUT2D eigenvalue weighted by atomic mass is 10.2. The molecule has 0 saturated heterocycles. The summed E-state index contributed by atoms with van der Waals surface area (Å²) in [6.07, 6.45) is 7.40. The van der Waals surface area contributed by atoms with E-state index in [2.05, 4.69) is 59.1 Å². The number of rotatable bonds is 9. The molecule has 0 fully saturated rings. The Morgan fingerprint density at radius 3 is 2.73 bits per heavy atom. The van der Waals surface area contributed by atoms with E-state index in [4.69, 9.17) is 4.74 Å². The summed E-state index contributed by atoms with van der Waals surface area (Å²) in [5, 5.41) is 21.6. The summed E-state index contributed by atoms with van der Waals surface area (Å²) >= 11 is 5.18. The fraction of sp³-hybridized carbons (Fsp3) is 0.320. The number of ether oxygens (including phenoxy) is 1. The SMILES string of the molecule is CCC(/C=C1\Sc2ccc(SC)cc2N1CCO)=C\c1sc2cc(OC)ccc2[n+]1CCO. The van der Waals surface area contributed by atoms with Crippen LogP contribution in [0.5, 0.6) is 5.75 Å². The molecule has 174 valence electrons. The molecule has 2 N–H and O–H groups in total. The summed E-state index contributed by atoms with van der Waals surface area (Å²) in [5.41, 5.74) is 3.45. The molecule has 0 atom stereocenters. The van der Waals surface area contributed by atoms with Crippen molar-refractivity contribution in [2.24, 2.45) is 0 Å². The minimum absolute atomic E-state index is 0.0825. The van der Waals surface area contributed by atoms with Gasteiger partial charge in [0.25, 0.3) is 5.01 Å². The van der Waals surface area contributed by atoms with Crippen molar-refractivity contribution in [3.63, 3.8) is 0 Å². The van der Waals surface area contributed by atoms with E-state index in [0.29, 0.717) is 13.1 Å². The molecule has 33 heavy (non-hydrogen) atoms. The van der Waals surface area contributed by atoms with E-state index in [1.807, 2.05) is 12.1 Å². The molecule has 0 amide bonds. The lowest BCUT2D eigenvalue weighted by molar-refractivity contribution is -0.670. The smallest absolute Gasteiger partial charge is 0.263 e. The van der Waals surface area contributed by atoms with Gasteiger partial charge < -0.3 is 19.8 Å². The number of nitrogens with zero attached hydrogens (tertiary/aromatic N) is 2. The molecule has 1 aliphatic rings. The molecule has 4 rings (SSSR count). The average molecular weight is 502 g/mol. The molecule has 5 nitrogen and oxygen atoms in total. The van der Waals surface area contributed by atoms with Crippen LogP contribution in [0.25, 0.3) is 16.3 Å². The molecule has 0 saturated carbocycles. The molecular weight excluding hydrogens is 472 g/mol. The van der Waals surface area contributed by atoms with Gasteiger partial charge in [-0.05, 0) is 48.6 Å². The molecule has 0 unspecified atom stereocenters. The van der Waals surface area contributed by atoms with Gasteiger partial charge in [0.1, 0.15) is 17.1 Å². The van der Waals surface area contributed by atoms with Gasteiger partial charge >= 0.3 is 0 Å². The highest BCUT2D eigenvalue weighted by molar-refractivity contribution is 8.03. The highest BCUT2D eigenvalue weighted by Crippen LogP contribution is 2.47. The van der Waals surface area contributed by atoms with E-state index in [1.165, 1.54) is 15.4 Å². The third-order valence-electron chi connectivity index (χ3n) is 5.55. The van der Waals surface area contributed by atoms with Crippen molar-refractivity contribution in [1.82, 2.24) is 0 Å². The van der Waals surface area contributed by atoms with Crippen LogP contribution in [-0.2, 0) is 6.54 Å². The Bertz CT molecular complexity index is 1200. The van der Waals surface area contributed by atoms with Crippen LogP contribution in [0.1, 0.15) is 18.4 Å². The molecular formula is C25H29N2O3S3+.